The minimum absolute atomic E-state index is 0. The van der Waals surface area contributed by atoms with Crippen LogP contribution in [0.15, 0.2) is 40.9 Å². The van der Waals surface area contributed by atoms with Gasteiger partial charge in [0.05, 0.1) is 0 Å². The van der Waals surface area contributed by atoms with Crippen molar-refractivity contribution in [3.05, 3.63) is 74.0 Å². The van der Waals surface area contributed by atoms with E-state index in [1.165, 1.54) is 97.2 Å². The molecule has 2 aromatic carbocycles. The van der Waals surface area contributed by atoms with Crippen LogP contribution in [0.4, 0.5) is 0 Å². The molecule has 4 rings (SSSR count). The fraction of sp³-hybridized carbons (Fsp3) is 0.536. The van der Waals surface area contributed by atoms with Gasteiger partial charge in [-0.1, -0.05) is 98.6 Å². The topological polar surface area (TPSA) is 0 Å². The molecule has 2 fully saturated rings. The third-order valence-corrected chi connectivity index (χ3v) is 6.36. The zero-order valence-electron chi connectivity index (χ0n) is 18.9. The van der Waals surface area contributed by atoms with E-state index in [4.69, 9.17) is 23.2 Å². The first-order valence-corrected chi connectivity index (χ1v) is 19.7. The Morgan fingerprint density at radius 2 is 1.21 bits per heavy atom. The number of rotatable bonds is 1. The summed E-state index contributed by atoms with van der Waals surface area (Å²) in [6.07, 6.45) is 16.4. The van der Waals surface area contributed by atoms with Gasteiger partial charge in [-0.15, -0.1) is 0 Å². The predicted molar refractivity (Wildman–Crippen MR) is 156 cm³/mol. The van der Waals surface area contributed by atoms with Crippen molar-refractivity contribution in [1.29, 1.82) is 0 Å². The van der Waals surface area contributed by atoms with Crippen molar-refractivity contribution in [3.8, 4) is 0 Å². The molecular formula is C28H42Br2Cl2Zn. The van der Waals surface area contributed by atoms with E-state index in [0.29, 0.717) is 0 Å². The zero-order valence-corrected chi connectivity index (χ0v) is 26.6. The summed E-state index contributed by atoms with van der Waals surface area (Å²) in [7, 11) is 0. The quantitative estimate of drug-likeness (QED) is 0.209. The van der Waals surface area contributed by atoms with Gasteiger partial charge in [-0.3, -0.25) is 0 Å². The third-order valence-electron chi connectivity index (χ3n) is 5.46. The molecule has 0 N–H and O–H groups in total. The van der Waals surface area contributed by atoms with Gasteiger partial charge in [-0.2, -0.15) is 12.8 Å². The second kappa shape index (κ2) is 21.9. The second-order valence-electron chi connectivity index (χ2n) is 8.27. The van der Waals surface area contributed by atoms with E-state index in [-0.39, 0.29) is 14.9 Å². The molecule has 0 saturated heterocycles. The van der Waals surface area contributed by atoms with Crippen LogP contribution in [0.2, 0.25) is 10.0 Å². The van der Waals surface area contributed by atoms with Crippen LogP contribution in [0.25, 0.3) is 0 Å². The Bertz CT molecular complexity index is 660. The summed E-state index contributed by atoms with van der Waals surface area (Å²) in [5, 5.41) is 1.67. The second-order valence-corrected chi connectivity index (χ2v) is 10.1. The minimum atomic E-state index is 0. The molecule has 5 heteroatoms. The predicted octanol–water partition coefficient (Wildman–Crippen LogP) is 12.4. The van der Waals surface area contributed by atoms with Crippen LogP contribution in [-0.2, 0) is 16.3 Å². The van der Waals surface area contributed by atoms with E-state index >= 15 is 0 Å². The number of hydrogen-bond donors (Lipinski definition) is 0. The standard InChI is InChI=1S/C13H17Cl.C7H6BrCl.C6H11.2CH4.BrH.Zn/c1-10-7-12(9-13(14)8-10)11-5-3-2-4-6-11;1-5-2-6(8)4-7(9)3-5;1-2-4-6-5-3-1;;;;/h7-9,11H,2-6H2,1H3;2-4H,1H3;1H,2-6H2;2*1H4;1H;/q;;-1;;;;+2/p-1. The Hall–Kier alpha value is 0.603. The van der Waals surface area contributed by atoms with Crippen molar-refractivity contribution in [2.24, 2.45) is 0 Å². The van der Waals surface area contributed by atoms with Gasteiger partial charge in [0.2, 0.25) is 0 Å². The van der Waals surface area contributed by atoms with Gasteiger partial charge in [0.25, 0.3) is 0 Å². The molecule has 2 aliphatic rings. The van der Waals surface area contributed by atoms with Crippen molar-refractivity contribution in [1.82, 2.24) is 0 Å². The molecule has 0 amide bonds. The summed E-state index contributed by atoms with van der Waals surface area (Å²) in [6, 6.07) is 12.3. The maximum absolute atomic E-state index is 6.07. The van der Waals surface area contributed by atoms with E-state index in [1.54, 1.807) is 0 Å². The van der Waals surface area contributed by atoms with Crippen molar-refractivity contribution in [2.45, 2.75) is 98.8 Å². The Kier molecular flexibility index (Phi) is 23.7. The summed E-state index contributed by atoms with van der Waals surface area (Å²) in [5.41, 5.74) is 3.92. The van der Waals surface area contributed by atoms with Crippen LogP contribution in [0.1, 0.15) is 102 Å². The number of halogens is 4. The monoisotopic (exact) mass is 670 g/mol. The Morgan fingerprint density at radius 3 is 1.61 bits per heavy atom. The van der Waals surface area contributed by atoms with Crippen molar-refractivity contribution in [2.75, 3.05) is 0 Å². The first-order chi connectivity index (χ1) is 14.9. The molecular weight excluding hydrogens is 632 g/mol. The van der Waals surface area contributed by atoms with Gasteiger partial charge in [-0.05, 0) is 79.6 Å². The average Bonchev–Trinajstić information content (AvgIpc) is 2.76. The first-order valence-electron chi connectivity index (χ1n) is 11.2. The van der Waals surface area contributed by atoms with E-state index in [2.05, 4.69) is 55.0 Å². The maximum atomic E-state index is 6.07. The molecule has 2 aromatic rings. The van der Waals surface area contributed by atoms with E-state index in [1.807, 2.05) is 31.2 Å². The van der Waals surface area contributed by atoms with Crippen molar-refractivity contribution >= 4 is 52.8 Å². The van der Waals surface area contributed by atoms with Crippen LogP contribution in [-0.4, -0.2) is 0 Å². The molecule has 0 unspecified atom stereocenters. The van der Waals surface area contributed by atoms with Crippen LogP contribution in [0.3, 0.4) is 0 Å². The summed E-state index contributed by atoms with van der Waals surface area (Å²) >= 11 is 19.4. The molecule has 0 atom stereocenters. The molecule has 184 valence electrons. The summed E-state index contributed by atoms with van der Waals surface area (Å²) in [6.45, 7) is 4.13. The molecule has 0 radical (unpaired) electrons. The average molecular weight is 675 g/mol. The van der Waals surface area contributed by atoms with Crippen LogP contribution >= 0.6 is 52.8 Å². The fourth-order valence-corrected chi connectivity index (χ4v) is 5.35. The van der Waals surface area contributed by atoms with Gasteiger partial charge < -0.3 is 6.42 Å². The van der Waals surface area contributed by atoms with Gasteiger partial charge in [-0.25, -0.2) is 0 Å². The number of benzene rings is 2. The van der Waals surface area contributed by atoms with Crippen molar-refractivity contribution in [3.63, 3.8) is 0 Å². The fourth-order valence-electron chi connectivity index (χ4n) is 4.03. The zero-order chi connectivity index (χ0) is 23.1. The van der Waals surface area contributed by atoms with Gasteiger partial charge >= 0.3 is 30.0 Å². The van der Waals surface area contributed by atoms with E-state index in [0.717, 1.165) is 20.4 Å². The molecule has 0 bridgehead atoms. The van der Waals surface area contributed by atoms with Crippen molar-refractivity contribution < 1.29 is 16.3 Å². The van der Waals surface area contributed by atoms with Crippen LogP contribution in [0, 0.1) is 20.3 Å². The Labute approximate surface area is 240 Å². The molecule has 33 heavy (non-hydrogen) atoms. The summed E-state index contributed by atoms with van der Waals surface area (Å²) in [5.74, 6) is 0.765. The molecule has 2 aliphatic carbocycles. The number of hydrogen-bond acceptors (Lipinski definition) is 0. The Morgan fingerprint density at radius 1 is 0.727 bits per heavy atom. The van der Waals surface area contributed by atoms with Gasteiger partial charge in [0.1, 0.15) is 0 Å². The van der Waals surface area contributed by atoms with E-state index in [9.17, 15) is 0 Å². The molecule has 0 spiro atoms. The van der Waals surface area contributed by atoms with Gasteiger partial charge in [0, 0.05) is 14.5 Å². The Balaban J connectivity index is 0. The third kappa shape index (κ3) is 16.8. The summed E-state index contributed by atoms with van der Waals surface area (Å²) in [4.78, 5) is 0. The molecule has 0 aliphatic heterocycles. The van der Waals surface area contributed by atoms with Crippen LogP contribution in [0.5, 0.6) is 0 Å². The van der Waals surface area contributed by atoms with Crippen LogP contribution < -0.4 is 0 Å². The van der Waals surface area contributed by atoms with E-state index < -0.39 is 0 Å². The molecule has 0 heterocycles. The first kappa shape index (κ1) is 35.8. The summed E-state index contributed by atoms with van der Waals surface area (Å²) < 4.78 is 1.03. The molecule has 0 nitrogen and oxygen atoms in total. The molecule has 0 aromatic heterocycles. The van der Waals surface area contributed by atoms with Gasteiger partial charge in [0.15, 0.2) is 0 Å². The molecule has 2 saturated carbocycles. The number of aryl methyl sites for hydroxylation is 2. The SMILES string of the molecule is C.C.Cc1cc(Cl)cc(Br)c1.Cc1cc(Cl)cc(C2CCCCC2)c1.[CH-]1CCCCC1.[Zn+][Br]. The normalized spacial score (nSPS) is 15.0.